The third-order valence-corrected chi connectivity index (χ3v) is 2.81. The van der Waals surface area contributed by atoms with Gasteiger partial charge in [0.2, 0.25) is 0 Å². The summed E-state index contributed by atoms with van der Waals surface area (Å²) >= 11 is 0. The monoisotopic (exact) mass is 256 g/mol. The number of nitrogens with two attached hydrogens (primary N) is 1. The Bertz CT molecular complexity index is 569. The lowest BCUT2D eigenvalue weighted by Gasteiger charge is -2.22. The summed E-state index contributed by atoms with van der Waals surface area (Å²) in [6.07, 6.45) is 1.65. The molecule has 0 saturated heterocycles. The first-order valence-corrected chi connectivity index (χ1v) is 6.02. The van der Waals surface area contributed by atoms with Gasteiger partial charge in [0, 0.05) is 24.0 Å². The fourth-order valence-electron chi connectivity index (χ4n) is 1.87. The van der Waals surface area contributed by atoms with Crippen molar-refractivity contribution in [1.29, 1.82) is 0 Å². The first kappa shape index (κ1) is 12.9. The van der Waals surface area contributed by atoms with Gasteiger partial charge in [-0.05, 0) is 31.2 Å². The van der Waals surface area contributed by atoms with Crippen molar-refractivity contribution < 1.29 is 5.21 Å². The third kappa shape index (κ3) is 2.82. The van der Waals surface area contributed by atoms with E-state index in [1.54, 1.807) is 18.3 Å². The Morgan fingerprint density at radius 2 is 2.05 bits per heavy atom. The van der Waals surface area contributed by atoms with Gasteiger partial charge in [0.05, 0.1) is 0 Å². The molecule has 5 nitrogen and oxygen atoms in total. The molecule has 5 heteroatoms. The Morgan fingerprint density at radius 3 is 2.68 bits per heavy atom. The summed E-state index contributed by atoms with van der Waals surface area (Å²) < 4.78 is 0. The molecule has 0 aliphatic carbocycles. The molecule has 98 valence electrons. The van der Waals surface area contributed by atoms with Gasteiger partial charge in [-0.15, -0.1) is 0 Å². The van der Waals surface area contributed by atoms with Gasteiger partial charge in [-0.2, -0.15) is 0 Å². The molecule has 0 aliphatic rings. The Hall–Kier alpha value is -2.56. The lowest BCUT2D eigenvalue weighted by Crippen LogP contribution is -2.19. The number of amidine groups is 1. The minimum Gasteiger partial charge on any atom is -0.409 e. The van der Waals surface area contributed by atoms with Crippen molar-refractivity contribution in [2.45, 2.75) is 6.92 Å². The topological polar surface area (TPSA) is 74.7 Å². The fraction of sp³-hybridized carbons (Fsp3) is 0.143. The molecule has 1 aromatic heterocycles. The number of hydrogen-bond donors (Lipinski definition) is 2. The number of para-hydroxylation sites is 1. The maximum absolute atomic E-state index is 8.72. The number of oxime groups is 1. The van der Waals surface area contributed by atoms with E-state index in [0.29, 0.717) is 5.56 Å². The standard InChI is InChI=1S/C14H16N4O/c1-2-18(12-6-4-3-5-7-12)13-10-11(8-9-16-13)14(15)17-19/h3-10,19H,2H2,1H3,(H2,15,17). The summed E-state index contributed by atoms with van der Waals surface area (Å²) in [6, 6.07) is 13.5. The molecule has 0 aliphatic heterocycles. The summed E-state index contributed by atoms with van der Waals surface area (Å²) in [6.45, 7) is 2.82. The van der Waals surface area contributed by atoms with Crippen LogP contribution in [0.5, 0.6) is 0 Å². The number of pyridine rings is 1. The molecule has 1 aromatic carbocycles. The third-order valence-electron chi connectivity index (χ3n) is 2.81. The minimum absolute atomic E-state index is 0.0766. The average Bonchev–Trinajstić information content (AvgIpc) is 2.48. The zero-order valence-electron chi connectivity index (χ0n) is 10.7. The van der Waals surface area contributed by atoms with E-state index in [1.165, 1.54) is 0 Å². The molecule has 0 atom stereocenters. The van der Waals surface area contributed by atoms with Gasteiger partial charge in [-0.3, -0.25) is 0 Å². The highest BCUT2D eigenvalue weighted by Crippen LogP contribution is 2.23. The quantitative estimate of drug-likeness (QED) is 0.381. The van der Waals surface area contributed by atoms with Gasteiger partial charge in [0.1, 0.15) is 5.82 Å². The van der Waals surface area contributed by atoms with Crippen molar-refractivity contribution in [3.05, 3.63) is 54.2 Å². The number of benzene rings is 1. The van der Waals surface area contributed by atoms with Crippen LogP contribution in [-0.4, -0.2) is 22.6 Å². The van der Waals surface area contributed by atoms with Gasteiger partial charge < -0.3 is 15.8 Å². The average molecular weight is 256 g/mol. The van der Waals surface area contributed by atoms with Crippen molar-refractivity contribution >= 4 is 17.3 Å². The van der Waals surface area contributed by atoms with E-state index in [1.807, 2.05) is 42.2 Å². The Balaban J connectivity index is 2.39. The highest BCUT2D eigenvalue weighted by Gasteiger charge is 2.09. The molecule has 19 heavy (non-hydrogen) atoms. The number of anilines is 2. The number of aromatic nitrogens is 1. The van der Waals surface area contributed by atoms with Crippen molar-refractivity contribution in [2.24, 2.45) is 10.9 Å². The van der Waals surface area contributed by atoms with Crippen molar-refractivity contribution in [1.82, 2.24) is 4.98 Å². The summed E-state index contributed by atoms with van der Waals surface area (Å²) in [7, 11) is 0. The minimum atomic E-state index is 0.0766. The second-order valence-electron chi connectivity index (χ2n) is 3.97. The summed E-state index contributed by atoms with van der Waals surface area (Å²) in [5.41, 5.74) is 7.29. The molecule has 0 bridgehead atoms. The van der Waals surface area contributed by atoms with Crippen LogP contribution in [0.4, 0.5) is 11.5 Å². The van der Waals surface area contributed by atoms with Crippen LogP contribution >= 0.6 is 0 Å². The largest absolute Gasteiger partial charge is 0.409 e. The van der Waals surface area contributed by atoms with E-state index >= 15 is 0 Å². The second-order valence-corrected chi connectivity index (χ2v) is 3.97. The van der Waals surface area contributed by atoms with E-state index < -0.39 is 0 Å². The molecule has 0 saturated carbocycles. The van der Waals surface area contributed by atoms with E-state index in [9.17, 15) is 0 Å². The lowest BCUT2D eigenvalue weighted by atomic mass is 10.2. The normalized spacial score (nSPS) is 11.3. The van der Waals surface area contributed by atoms with Crippen LogP contribution in [0.25, 0.3) is 0 Å². The molecular formula is C14H16N4O. The summed E-state index contributed by atoms with van der Waals surface area (Å²) in [4.78, 5) is 6.39. The molecule has 0 amide bonds. The smallest absolute Gasteiger partial charge is 0.170 e. The van der Waals surface area contributed by atoms with Crippen molar-refractivity contribution in [3.8, 4) is 0 Å². The molecule has 3 N–H and O–H groups in total. The van der Waals surface area contributed by atoms with E-state index in [-0.39, 0.29) is 5.84 Å². The number of nitrogens with zero attached hydrogens (tertiary/aromatic N) is 3. The van der Waals surface area contributed by atoms with Crippen LogP contribution < -0.4 is 10.6 Å². The number of hydrogen-bond acceptors (Lipinski definition) is 4. The molecule has 1 heterocycles. The second kappa shape index (κ2) is 5.86. The maximum Gasteiger partial charge on any atom is 0.170 e. The first-order valence-electron chi connectivity index (χ1n) is 6.02. The SMILES string of the molecule is CCN(c1ccccc1)c1cc(/C(N)=N/O)ccn1. The van der Waals surface area contributed by atoms with Crippen LogP contribution in [0, 0.1) is 0 Å². The zero-order valence-corrected chi connectivity index (χ0v) is 10.7. The highest BCUT2D eigenvalue weighted by atomic mass is 16.4. The molecule has 2 aromatic rings. The molecule has 0 fully saturated rings. The fourth-order valence-corrected chi connectivity index (χ4v) is 1.87. The van der Waals surface area contributed by atoms with E-state index in [4.69, 9.17) is 10.9 Å². The van der Waals surface area contributed by atoms with Crippen LogP contribution in [-0.2, 0) is 0 Å². The molecule has 0 radical (unpaired) electrons. The predicted molar refractivity (Wildman–Crippen MR) is 75.9 cm³/mol. The Morgan fingerprint density at radius 1 is 1.32 bits per heavy atom. The molecule has 2 rings (SSSR count). The molecular weight excluding hydrogens is 240 g/mol. The van der Waals surface area contributed by atoms with Gasteiger partial charge in [-0.1, -0.05) is 23.4 Å². The Labute approximate surface area is 112 Å². The van der Waals surface area contributed by atoms with E-state index in [2.05, 4.69) is 10.1 Å². The van der Waals surface area contributed by atoms with Crippen LogP contribution in [0.2, 0.25) is 0 Å². The molecule has 0 spiro atoms. The maximum atomic E-state index is 8.72. The van der Waals surface area contributed by atoms with Crippen LogP contribution in [0.3, 0.4) is 0 Å². The Kier molecular flexibility index (Phi) is 3.97. The van der Waals surface area contributed by atoms with Crippen molar-refractivity contribution in [2.75, 3.05) is 11.4 Å². The highest BCUT2D eigenvalue weighted by molar-refractivity contribution is 5.97. The lowest BCUT2D eigenvalue weighted by molar-refractivity contribution is 0.318. The van der Waals surface area contributed by atoms with Gasteiger partial charge in [0.25, 0.3) is 0 Å². The van der Waals surface area contributed by atoms with Crippen LogP contribution in [0.1, 0.15) is 12.5 Å². The van der Waals surface area contributed by atoms with Gasteiger partial charge >= 0.3 is 0 Å². The predicted octanol–water partition coefficient (Wildman–Crippen LogP) is 2.33. The number of rotatable bonds is 4. The van der Waals surface area contributed by atoms with Gasteiger partial charge in [-0.25, -0.2) is 4.98 Å². The summed E-state index contributed by atoms with van der Waals surface area (Å²) in [5, 5.41) is 11.7. The summed E-state index contributed by atoms with van der Waals surface area (Å²) in [5.74, 6) is 0.838. The zero-order chi connectivity index (χ0) is 13.7. The van der Waals surface area contributed by atoms with Crippen LogP contribution in [0.15, 0.2) is 53.8 Å². The first-order chi connectivity index (χ1) is 9.26. The van der Waals surface area contributed by atoms with Gasteiger partial charge in [0.15, 0.2) is 5.84 Å². The molecule has 0 unspecified atom stereocenters. The van der Waals surface area contributed by atoms with Crippen molar-refractivity contribution in [3.63, 3.8) is 0 Å². The van der Waals surface area contributed by atoms with E-state index in [0.717, 1.165) is 18.1 Å².